The van der Waals surface area contributed by atoms with Crippen LogP contribution in [0.4, 0.5) is 0 Å². The molecule has 0 aromatic rings. The molecule has 0 rings (SSSR count). The van der Waals surface area contributed by atoms with E-state index >= 15 is 0 Å². The van der Waals surface area contributed by atoms with Gasteiger partial charge >= 0.3 is 33.9 Å². The van der Waals surface area contributed by atoms with Crippen molar-refractivity contribution in [1.29, 1.82) is 0 Å². The second kappa shape index (κ2) is 63.6. The standard InChI is InChI=1S/C5H6O.3CO.Fe/c1-5(2)3-4-6;3*1-2;/h3-4H,1-2H2;;;;. The molecule has 0 spiro atoms. The molecule has 0 aliphatic rings. The fourth-order valence-electron chi connectivity index (χ4n) is 0.0962. The molecule has 5 heteroatoms. The third kappa shape index (κ3) is 174. The smallest absolute Gasteiger partial charge is 0.124 e. The van der Waals surface area contributed by atoms with Crippen LogP contribution in [0.2, 0.25) is 0 Å². The average Bonchev–Trinajstić information content (AvgIpc) is 2.14. The van der Waals surface area contributed by atoms with Crippen LogP contribution in [0.3, 0.4) is 0 Å². The third-order valence-electron chi connectivity index (χ3n) is 0.304. The van der Waals surface area contributed by atoms with E-state index in [0.717, 1.165) is 0 Å². The molecule has 0 amide bonds. The van der Waals surface area contributed by atoms with Crippen molar-refractivity contribution in [3.8, 4) is 0 Å². The second-order valence-electron chi connectivity index (χ2n) is 0.961. The van der Waals surface area contributed by atoms with Crippen molar-refractivity contribution in [3.05, 3.63) is 46.1 Å². The Bertz CT molecular complexity index is 112. The van der Waals surface area contributed by atoms with E-state index in [1.807, 2.05) is 0 Å². The van der Waals surface area contributed by atoms with Crippen molar-refractivity contribution in [2.45, 2.75) is 0 Å². The monoisotopic (exact) mass is 222 g/mol. The Kier molecular flexibility index (Phi) is 144. The minimum absolute atomic E-state index is 0. The summed E-state index contributed by atoms with van der Waals surface area (Å²) >= 11 is 0. The summed E-state index contributed by atoms with van der Waals surface area (Å²) in [5.41, 5.74) is 0. The molecule has 0 saturated heterocycles. The van der Waals surface area contributed by atoms with Crippen LogP contribution in [0.25, 0.3) is 0 Å². The van der Waals surface area contributed by atoms with Gasteiger partial charge in [0.05, 0.1) is 0 Å². The maximum Gasteiger partial charge on any atom is 0.124 e. The van der Waals surface area contributed by atoms with Crippen LogP contribution in [0.1, 0.15) is 0 Å². The number of aldehydes is 1. The molecule has 4 nitrogen and oxygen atoms in total. The van der Waals surface area contributed by atoms with Crippen LogP contribution < -0.4 is 0 Å². The number of hydrogen-bond donors (Lipinski definition) is 0. The van der Waals surface area contributed by atoms with Crippen LogP contribution in [-0.4, -0.2) is 6.29 Å². The van der Waals surface area contributed by atoms with E-state index in [0.29, 0.717) is 12.2 Å². The third-order valence-corrected chi connectivity index (χ3v) is 0.304. The van der Waals surface area contributed by atoms with Gasteiger partial charge in [-0.25, -0.2) is 0 Å². The Morgan fingerprint density at radius 1 is 1.00 bits per heavy atom. The van der Waals surface area contributed by atoms with Crippen molar-refractivity contribution in [2.75, 3.05) is 0 Å². The van der Waals surface area contributed by atoms with Crippen LogP contribution in [0, 0.1) is 46.1 Å². The van der Waals surface area contributed by atoms with Gasteiger partial charge in [-0.2, -0.15) is 0 Å². The van der Waals surface area contributed by atoms with Gasteiger partial charge in [-0.05, 0) is 19.8 Å². The SMILES string of the molecule is [C-]#[O+].[C-]#[O+].[C-]#[O+].[CH2][C]([CH2])[CH]C=O.[Fe]. The first-order valence-corrected chi connectivity index (χ1v) is 2.18. The Morgan fingerprint density at radius 2 is 1.23 bits per heavy atom. The molecule has 0 aliphatic heterocycles. The van der Waals surface area contributed by atoms with E-state index in [4.69, 9.17) is 14.0 Å². The van der Waals surface area contributed by atoms with E-state index in [9.17, 15) is 4.79 Å². The summed E-state index contributed by atoms with van der Waals surface area (Å²) in [6.07, 6.45) is 1.97. The van der Waals surface area contributed by atoms with Gasteiger partial charge in [-0.15, -0.1) is 0 Å². The summed E-state index contributed by atoms with van der Waals surface area (Å²) < 4.78 is 22.5. The van der Waals surface area contributed by atoms with Gasteiger partial charge in [0, 0.05) is 23.5 Å². The van der Waals surface area contributed by atoms with E-state index in [-0.39, 0.29) is 17.1 Å². The minimum Gasteiger partial charge on any atom is -0.303 e. The number of rotatable bonds is 2. The zero-order valence-electron chi connectivity index (χ0n) is 6.56. The summed E-state index contributed by atoms with van der Waals surface area (Å²) in [6, 6.07) is 0. The molecule has 0 atom stereocenters. The van der Waals surface area contributed by atoms with Crippen LogP contribution in [-0.2, 0) is 35.8 Å². The Hall–Kier alpha value is -0.591. The predicted molar refractivity (Wildman–Crippen MR) is 36.1 cm³/mol. The predicted octanol–water partition coefficient (Wildman–Crippen LogP) is 0.517. The number of carbonyl (C=O) groups excluding carboxylic acids is 1. The van der Waals surface area contributed by atoms with Gasteiger partial charge in [0.25, 0.3) is 0 Å². The molecule has 0 fully saturated rings. The van der Waals surface area contributed by atoms with Gasteiger partial charge < -0.3 is 4.79 Å². The van der Waals surface area contributed by atoms with Crippen LogP contribution in [0.5, 0.6) is 0 Å². The molecule has 13 heavy (non-hydrogen) atoms. The summed E-state index contributed by atoms with van der Waals surface area (Å²) in [4.78, 5) is 9.46. The first kappa shape index (κ1) is 29.4. The Labute approximate surface area is 88.7 Å². The van der Waals surface area contributed by atoms with Crippen molar-refractivity contribution in [1.82, 2.24) is 0 Å². The van der Waals surface area contributed by atoms with Crippen molar-refractivity contribution in [3.63, 3.8) is 0 Å². The van der Waals surface area contributed by atoms with Crippen molar-refractivity contribution >= 4 is 6.29 Å². The van der Waals surface area contributed by atoms with Gasteiger partial charge in [-0.1, -0.05) is 0 Å². The molecule has 0 saturated carbocycles. The maximum absolute atomic E-state index is 9.46. The topological polar surface area (TPSA) is 76.8 Å². The summed E-state index contributed by atoms with van der Waals surface area (Å²) in [5, 5.41) is 0. The van der Waals surface area contributed by atoms with Gasteiger partial charge in [0.1, 0.15) is 6.29 Å². The zero-order valence-corrected chi connectivity index (χ0v) is 7.66. The average molecular weight is 222 g/mol. The molecular weight excluding hydrogens is 216 g/mol. The molecule has 4 radical (unpaired) electrons. The molecule has 0 aromatic heterocycles. The van der Waals surface area contributed by atoms with E-state index in [1.54, 1.807) is 0 Å². The molecule has 0 unspecified atom stereocenters. The summed E-state index contributed by atoms with van der Waals surface area (Å²) in [7, 11) is 0. The molecule has 0 aromatic carbocycles. The fourth-order valence-corrected chi connectivity index (χ4v) is 0.0962. The number of hydrogen-bond acceptors (Lipinski definition) is 1. The minimum atomic E-state index is 0. The first-order valence-electron chi connectivity index (χ1n) is 2.18. The van der Waals surface area contributed by atoms with Crippen molar-refractivity contribution in [2.24, 2.45) is 0 Å². The normalized spacial score (nSPS) is 4.69. The Balaban J connectivity index is -0.0000000263. The van der Waals surface area contributed by atoms with E-state index in [1.165, 1.54) is 6.42 Å². The fraction of sp³-hybridized carbons (Fsp3) is 0. The van der Waals surface area contributed by atoms with E-state index < -0.39 is 0 Å². The first-order chi connectivity index (χ1) is 5.77. The molecule has 0 aliphatic carbocycles. The Morgan fingerprint density at radius 3 is 1.23 bits per heavy atom. The van der Waals surface area contributed by atoms with Crippen LogP contribution >= 0.6 is 0 Å². The van der Waals surface area contributed by atoms with Gasteiger partial charge in [0.15, 0.2) is 0 Å². The second-order valence-corrected chi connectivity index (χ2v) is 0.961. The quantitative estimate of drug-likeness (QED) is 0.290. The molecule has 70 valence electrons. The molecular formula is C8H6FeO4. The number of carbonyl (C=O) groups is 1. The van der Waals surface area contributed by atoms with Crippen molar-refractivity contribution < 1.29 is 35.8 Å². The zero-order chi connectivity index (χ0) is 11.0. The summed E-state index contributed by atoms with van der Waals surface area (Å²) in [5.74, 6) is 0.546. The molecule has 0 heterocycles. The molecule has 0 bridgehead atoms. The van der Waals surface area contributed by atoms with Gasteiger partial charge in [-0.3, -0.25) is 0 Å². The summed E-state index contributed by atoms with van der Waals surface area (Å²) in [6.45, 7) is 20.2. The maximum atomic E-state index is 9.46. The van der Waals surface area contributed by atoms with Gasteiger partial charge in [0.2, 0.25) is 0 Å². The largest absolute Gasteiger partial charge is 0.303 e. The van der Waals surface area contributed by atoms with Crippen LogP contribution in [0.15, 0.2) is 0 Å². The van der Waals surface area contributed by atoms with E-state index in [2.05, 4.69) is 33.8 Å². The molecule has 0 N–H and O–H groups in total.